The highest BCUT2D eigenvalue weighted by Gasteiger charge is 2.30. The molecule has 1 aliphatic carbocycles. The predicted molar refractivity (Wildman–Crippen MR) is 85.2 cm³/mol. The van der Waals surface area contributed by atoms with Crippen LogP contribution in [0.25, 0.3) is 10.4 Å². The fourth-order valence-corrected chi connectivity index (χ4v) is 3.58. The molecular formula is C17H19NO2S. The van der Waals surface area contributed by atoms with Crippen LogP contribution in [0.2, 0.25) is 0 Å². The van der Waals surface area contributed by atoms with Crippen molar-refractivity contribution < 1.29 is 9.90 Å². The van der Waals surface area contributed by atoms with Gasteiger partial charge >= 0.3 is 5.97 Å². The molecule has 0 spiro atoms. The van der Waals surface area contributed by atoms with Gasteiger partial charge in [-0.05, 0) is 29.9 Å². The lowest BCUT2D eigenvalue weighted by Gasteiger charge is -2.13. The molecule has 110 valence electrons. The second-order valence-electron chi connectivity index (χ2n) is 6.61. The molecule has 0 aliphatic heterocycles. The van der Waals surface area contributed by atoms with E-state index in [1.165, 1.54) is 29.7 Å². The molecule has 1 N–H and O–H groups in total. The number of carbonyl (C=O) groups is 1. The number of thiazole rings is 1. The van der Waals surface area contributed by atoms with Gasteiger partial charge in [0.05, 0.1) is 9.88 Å². The summed E-state index contributed by atoms with van der Waals surface area (Å²) in [6.45, 7) is 6.19. The third-order valence-electron chi connectivity index (χ3n) is 3.69. The normalized spacial score (nSPS) is 15.2. The van der Waals surface area contributed by atoms with Crippen LogP contribution in [0.4, 0.5) is 0 Å². The third-order valence-corrected chi connectivity index (χ3v) is 5.21. The molecule has 3 nitrogen and oxygen atoms in total. The summed E-state index contributed by atoms with van der Waals surface area (Å²) in [7, 11) is 0. The van der Waals surface area contributed by atoms with Gasteiger partial charge in [0.15, 0.2) is 5.69 Å². The van der Waals surface area contributed by atoms with E-state index in [2.05, 4.69) is 31.8 Å². The van der Waals surface area contributed by atoms with Crippen LogP contribution in [-0.2, 0) is 5.41 Å². The lowest BCUT2D eigenvalue weighted by atomic mass is 9.98. The number of benzene rings is 1. The summed E-state index contributed by atoms with van der Waals surface area (Å²) in [4.78, 5) is 16.8. The fraction of sp³-hybridized carbons (Fsp3) is 0.412. The molecule has 4 heteroatoms. The number of aromatic nitrogens is 1. The SMILES string of the molecule is CC(C)(C)c1nc(C(=O)O)c(-c2ccccc2C2CC2)s1. The van der Waals surface area contributed by atoms with Gasteiger partial charge in [0.2, 0.25) is 0 Å². The minimum absolute atomic E-state index is 0.137. The molecule has 2 aromatic rings. The zero-order chi connectivity index (χ0) is 15.2. The van der Waals surface area contributed by atoms with Crippen molar-refractivity contribution in [2.24, 2.45) is 0 Å². The molecule has 0 bridgehead atoms. The van der Waals surface area contributed by atoms with Crippen LogP contribution < -0.4 is 0 Å². The molecule has 0 unspecified atom stereocenters. The number of aromatic carboxylic acids is 1. The number of nitrogens with zero attached hydrogens (tertiary/aromatic N) is 1. The van der Waals surface area contributed by atoms with Crippen LogP contribution in [0.5, 0.6) is 0 Å². The maximum absolute atomic E-state index is 11.6. The average Bonchev–Trinajstić information content (AvgIpc) is 3.15. The molecule has 0 amide bonds. The first-order valence-corrected chi connectivity index (χ1v) is 8.03. The van der Waals surface area contributed by atoms with E-state index >= 15 is 0 Å². The van der Waals surface area contributed by atoms with Crippen molar-refractivity contribution in [2.45, 2.75) is 44.9 Å². The quantitative estimate of drug-likeness (QED) is 0.895. The highest BCUT2D eigenvalue weighted by atomic mass is 32.1. The van der Waals surface area contributed by atoms with E-state index in [1.807, 2.05) is 18.2 Å². The lowest BCUT2D eigenvalue weighted by Crippen LogP contribution is -2.11. The monoisotopic (exact) mass is 301 g/mol. The molecule has 1 fully saturated rings. The Morgan fingerprint density at radius 2 is 1.95 bits per heavy atom. The second-order valence-corrected chi connectivity index (χ2v) is 7.61. The van der Waals surface area contributed by atoms with Gasteiger partial charge in [-0.2, -0.15) is 0 Å². The average molecular weight is 301 g/mol. The van der Waals surface area contributed by atoms with E-state index in [4.69, 9.17) is 0 Å². The number of carboxylic acid groups (broad SMARTS) is 1. The van der Waals surface area contributed by atoms with Gasteiger partial charge in [0.25, 0.3) is 0 Å². The first-order valence-electron chi connectivity index (χ1n) is 7.22. The number of rotatable bonds is 3. The lowest BCUT2D eigenvalue weighted by molar-refractivity contribution is 0.0692. The van der Waals surface area contributed by atoms with E-state index in [9.17, 15) is 9.90 Å². The Morgan fingerprint density at radius 3 is 2.52 bits per heavy atom. The van der Waals surface area contributed by atoms with Crippen LogP contribution in [0.1, 0.15) is 60.6 Å². The largest absolute Gasteiger partial charge is 0.476 e. The van der Waals surface area contributed by atoms with Crippen LogP contribution in [0.3, 0.4) is 0 Å². The summed E-state index contributed by atoms with van der Waals surface area (Å²) in [6, 6.07) is 8.15. The van der Waals surface area contributed by atoms with Crippen LogP contribution in [-0.4, -0.2) is 16.1 Å². The van der Waals surface area contributed by atoms with Crippen molar-refractivity contribution in [1.29, 1.82) is 0 Å². The van der Waals surface area contributed by atoms with Crippen molar-refractivity contribution in [3.8, 4) is 10.4 Å². The predicted octanol–water partition coefficient (Wildman–Crippen LogP) is 4.68. The Morgan fingerprint density at radius 1 is 1.29 bits per heavy atom. The van der Waals surface area contributed by atoms with Crippen LogP contribution in [0.15, 0.2) is 24.3 Å². The smallest absolute Gasteiger partial charge is 0.356 e. The molecule has 1 heterocycles. The Bertz CT molecular complexity index is 693. The summed E-state index contributed by atoms with van der Waals surface area (Å²) in [5.41, 5.74) is 2.37. The van der Waals surface area contributed by atoms with E-state index in [0.29, 0.717) is 5.92 Å². The molecule has 1 saturated carbocycles. The van der Waals surface area contributed by atoms with Gasteiger partial charge in [0, 0.05) is 5.41 Å². The highest BCUT2D eigenvalue weighted by molar-refractivity contribution is 7.15. The summed E-state index contributed by atoms with van der Waals surface area (Å²) in [5, 5.41) is 10.4. The van der Waals surface area contributed by atoms with Gasteiger partial charge < -0.3 is 5.11 Å². The van der Waals surface area contributed by atoms with E-state index in [-0.39, 0.29) is 11.1 Å². The van der Waals surface area contributed by atoms with Gasteiger partial charge in [-0.3, -0.25) is 0 Å². The molecule has 3 rings (SSSR count). The molecule has 0 saturated heterocycles. The van der Waals surface area contributed by atoms with Crippen molar-refractivity contribution in [3.63, 3.8) is 0 Å². The molecule has 1 aromatic carbocycles. The molecule has 21 heavy (non-hydrogen) atoms. The van der Waals surface area contributed by atoms with E-state index in [0.717, 1.165) is 15.4 Å². The number of hydrogen-bond acceptors (Lipinski definition) is 3. The van der Waals surface area contributed by atoms with Crippen LogP contribution in [0, 0.1) is 0 Å². The summed E-state index contributed by atoms with van der Waals surface area (Å²) < 4.78 is 0. The van der Waals surface area contributed by atoms with Gasteiger partial charge in [-0.25, -0.2) is 9.78 Å². The third kappa shape index (κ3) is 2.72. The Kier molecular flexibility index (Phi) is 3.36. The molecule has 1 aromatic heterocycles. The van der Waals surface area contributed by atoms with E-state index < -0.39 is 5.97 Å². The van der Waals surface area contributed by atoms with E-state index in [1.54, 1.807) is 0 Å². The van der Waals surface area contributed by atoms with Crippen molar-refractivity contribution in [1.82, 2.24) is 4.98 Å². The highest BCUT2D eigenvalue weighted by Crippen LogP contribution is 2.46. The maximum atomic E-state index is 11.6. The Hall–Kier alpha value is -1.68. The Labute approximate surface area is 128 Å². The van der Waals surface area contributed by atoms with Crippen molar-refractivity contribution in [2.75, 3.05) is 0 Å². The number of carboxylic acids is 1. The number of hydrogen-bond donors (Lipinski definition) is 1. The summed E-state index contributed by atoms with van der Waals surface area (Å²) in [5.74, 6) is -0.356. The van der Waals surface area contributed by atoms with Gasteiger partial charge in [-0.15, -0.1) is 11.3 Å². The molecular weight excluding hydrogens is 282 g/mol. The summed E-state index contributed by atoms with van der Waals surface area (Å²) >= 11 is 1.52. The van der Waals surface area contributed by atoms with Crippen molar-refractivity contribution >= 4 is 17.3 Å². The maximum Gasteiger partial charge on any atom is 0.356 e. The zero-order valence-corrected chi connectivity index (χ0v) is 13.3. The van der Waals surface area contributed by atoms with Gasteiger partial charge in [0.1, 0.15) is 0 Å². The van der Waals surface area contributed by atoms with Crippen molar-refractivity contribution in [3.05, 3.63) is 40.5 Å². The van der Waals surface area contributed by atoms with Crippen LogP contribution >= 0.6 is 11.3 Å². The van der Waals surface area contributed by atoms with Gasteiger partial charge in [-0.1, -0.05) is 45.0 Å². The minimum Gasteiger partial charge on any atom is -0.476 e. The topological polar surface area (TPSA) is 50.2 Å². The molecule has 1 aliphatic rings. The minimum atomic E-state index is -0.942. The Balaban J connectivity index is 2.18. The summed E-state index contributed by atoms with van der Waals surface area (Å²) in [6.07, 6.45) is 2.40. The first kappa shape index (κ1) is 14.3. The first-order chi connectivity index (χ1) is 9.88. The zero-order valence-electron chi connectivity index (χ0n) is 12.5. The second kappa shape index (κ2) is 4.95. The molecule has 0 atom stereocenters. The molecule has 0 radical (unpaired) electrons. The standard InChI is InChI=1S/C17H19NO2S/c1-17(2,3)16-18-13(15(19)20)14(21-16)12-7-5-4-6-11(12)10-8-9-10/h4-7,10H,8-9H2,1-3H3,(H,19,20). The fourth-order valence-electron chi connectivity index (χ4n) is 2.42.